The van der Waals surface area contributed by atoms with E-state index in [4.69, 9.17) is 14.6 Å². The van der Waals surface area contributed by atoms with Crippen LogP contribution in [0.3, 0.4) is 0 Å². The van der Waals surface area contributed by atoms with Gasteiger partial charge in [0, 0.05) is 17.9 Å². The molecule has 3 aromatic carbocycles. The molecule has 0 amide bonds. The van der Waals surface area contributed by atoms with Crippen molar-refractivity contribution in [3.8, 4) is 5.75 Å². The molecule has 4 aromatic rings. The summed E-state index contributed by atoms with van der Waals surface area (Å²) in [6.07, 6.45) is 0.525. The maximum atomic E-state index is 14.2. The molecule has 1 aromatic heterocycles. The maximum absolute atomic E-state index is 14.2. The van der Waals surface area contributed by atoms with E-state index >= 15 is 0 Å². The van der Waals surface area contributed by atoms with Gasteiger partial charge in [-0.1, -0.05) is 72.4 Å². The maximum Gasteiger partial charge on any atom is 0.338 e. The fourth-order valence-electron chi connectivity index (χ4n) is 4.48. The first-order valence-electron chi connectivity index (χ1n) is 13.2. The van der Waals surface area contributed by atoms with E-state index in [0.717, 1.165) is 17.7 Å². The van der Waals surface area contributed by atoms with Crippen LogP contribution in [0.4, 0.5) is 10.3 Å². The number of thioether (sulfide) groups is 1. The van der Waals surface area contributed by atoms with E-state index in [1.165, 1.54) is 23.4 Å². The topological polar surface area (TPSA) is 78.3 Å². The molecule has 1 aliphatic heterocycles. The minimum atomic E-state index is -0.559. The third kappa shape index (κ3) is 6.37. The lowest BCUT2D eigenvalue weighted by molar-refractivity contribution is -0.143. The van der Waals surface area contributed by atoms with Gasteiger partial charge in [-0.3, -0.25) is 0 Å². The molecule has 5 rings (SSSR count). The molecule has 0 radical (unpaired) electrons. The van der Waals surface area contributed by atoms with Gasteiger partial charge in [0.2, 0.25) is 11.1 Å². The number of halogens is 1. The number of nitrogens with one attached hydrogen (secondary N) is 1. The Labute approximate surface area is 237 Å². The zero-order valence-electron chi connectivity index (χ0n) is 22.6. The van der Waals surface area contributed by atoms with Gasteiger partial charge in [-0.15, -0.1) is 5.10 Å². The Bertz CT molecular complexity index is 1500. The van der Waals surface area contributed by atoms with E-state index in [-0.39, 0.29) is 11.9 Å². The molecule has 0 spiro atoms. The number of rotatable bonds is 10. The predicted octanol–water partition coefficient (Wildman–Crippen LogP) is 6.57. The molecule has 206 valence electrons. The fourth-order valence-corrected chi connectivity index (χ4v) is 5.29. The monoisotopic (exact) mass is 558 g/mol. The summed E-state index contributed by atoms with van der Waals surface area (Å²) >= 11 is 1.33. The highest BCUT2D eigenvalue weighted by Crippen LogP contribution is 2.37. The Morgan fingerprint density at radius 2 is 1.77 bits per heavy atom. The zero-order valence-corrected chi connectivity index (χ0v) is 23.5. The van der Waals surface area contributed by atoms with Gasteiger partial charge in [0.05, 0.1) is 18.3 Å². The molecule has 7 nitrogen and oxygen atoms in total. The number of benzene rings is 3. The zero-order chi connectivity index (χ0) is 28.1. The summed E-state index contributed by atoms with van der Waals surface area (Å²) in [5, 5.41) is 8.40. The smallest absolute Gasteiger partial charge is 0.338 e. The van der Waals surface area contributed by atoms with Gasteiger partial charge >= 0.3 is 5.97 Å². The summed E-state index contributed by atoms with van der Waals surface area (Å²) in [4.78, 5) is 17.9. The Hall–Kier alpha value is -4.11. The van der Waals surface area contributed by atoms with Gasteiger partial charge in [0.25, 0.3) is 0 Å². The summed E-state index contributed by atoms with van der Waals surface area (Å²) in [5.41, 5.74) is 3.72. The number of carbonyl (C=O) groups is 1. The lowest BCUT2D eigenvalue weighted by atomic mass is 9.95. The quantitative estimate of drug-likeness (QED) is 0.174. The molecule has 1 atom stereocenters. The number of hydrogen-bond donors (Lipinski definition) is 1. The van der Waals surface area contributed by atoms with Crippen molar-refractivity contribution >= 4 is 23.7 Å². The van der Waals surface area contributed by atoms with Crippen molar-refractivity contribution in [2.45, 2.75) is 50.2 Å². The third-order valence-corrected chi connectivity index (χ3v) is 7.30. The van der Waals surface area contributed by atoms with Crippen molar-refractivity contribution in [1.29, 1.82) is 0 Å². The van der Waals surface area contributed by atoms with Crippen molar-refractivity contribution in [2.75, 3.05) is 11.9 Å². The Morgan fingerprint density at radius 3 is 2.50 bits per heavy atom. The fraction of sp³-hybridized carbons (Fsp3) is 0.258. The van der Waals surface area contributed by atoms with Crippen LogP contribution in [-0.4, -0.2) is 33.4 Å². The minimum Gasteiger partial charge on any atom is -0.493 e. The number of hydrogen-bond acceptors (Lipinski definition) is 7. The van der Waals surface area contributed by atoms with E-state index in [9.17, 15) is 9.18 Å². The van der Waals surface area contributed by atoms with E-state index < -0.39 is 12.0 Å². The molecular formula is C31H31FN4O3S. The van der Waals surface area contributed by atoms with Gasteiger partial charge < -0.3 is 14.8 Å². The van der Waals surface area contributed by atoms with Crippen LogP contribution in [-0.2, 0) is 21.7 Å². The lowest BCUT2D eigenvalue weighted by Gasteiger charge is -2.28. The van der Waals surface area contributed by atoms with Crippen molar-refractivity contribution in [3.05, 3.63) is 113 Å². The second-order valence-electron chi connectivity index (χ2n) is 9.72. The van der Waals surface area contributed by atoms with Crippen LogP contribution in [0.25, 0.3) is 0 Å². The van der Waals surface area contributed by atoms with Crippen LogP contribution in [0.15, 0.2) is 95.3 Å². The van der Waals surface area contributed by atoms with Gasteiger partial charge in [-0.2, -0.15) is 4.98 Å². The number of nitrogens with zero attached hydrogens (tertiary/aromatic N) is 3. The number of fused-ring (bicyclic) bond motifs is 1. The molecule has 9 heteroatoms. The third-order valence-electron chi connectivity index (χ3n) is 6.41. The van der Waals surface area contributed by atoms with Crippen LogP contribution in [0.2, 0.25) is 0 Å². The minimum absolute atomic E-state index is 0.266. The molecule has 1 N–H and O–H groups in total. The summed E-state index contributed by atoms with van der Waals surface area (Å²) < 4.78 is 27.4. The Balaban J connectivity index is 1.39. The van der Waals surface area contributed by atoms with E-state index in [1.807, 2.05) is 63.2 Å². The predicted molar refractivity (Wildman–Crippen MR) is 154 cm³/mol. The summed E-state index contributed by atoms with van der Waals surface area (Å²) in [7, 11) is 0. The molecule has 1 aliphatic rings. The average Bonchev–Trinajstić information content (AvgIpc) is 3.35. The molecule has 0 saturated carbocycles. The molecule has 2 heterocycles. The first-order chi connectivity index (χ1) is 19.4. The standard InChI is InChI=1S/C31H31FN4O3S/c1-20(2)39-29(37)27-21(3)33-30-34-31(40-19-24-11-7-8-12-26(24)32)35-36(30)28(27)23-13-15-25(16-14-23)38-18-17-22-9-5-4-6-10-22/h4-16,20,28H,17-19H2,1-3H3,(H,33,34,35). The molecule has 0 saturated heterocycles. The van der Waals surface area contributed by atoms with Crippen LogP contribution in [0.1, 0.15) is 43.5 Å². The molecular weight excluding hydrogens is 527 g/mol. The lowest BCUT2D eigenvalue weighted by Crippen LogP contribution is -2.30. The molecule has 1 unspecified atom stereocenters. The molecule has 0 bridgehead atoms. The second-order valence-corrected chi connectivity index (χ2v) is 10.7. The SMILES string of the molecule is CC1=C(C(=O)OC(C)C)C(c2ccc(OCCc3ccccc3)cc2)n2nc(SCc3ccccc3F)nc2N1. The normalized spacial score (nSPS) is 14.6. The number of carbonyl (C=O) groups excluding carboxylic acids is 1. The van der Waals surface area contributed by atoms with Crippen LogP contribution in [0.5, 0.6) is 5.75 Å². The van der Waals surface area contributed by atoms with Crippen LogP contribution >= 0.6 is 11.8 Å². The highest BCUT2D eigenvalue weighted by atomic mass is 32.2. The molecule has 0 fully saturated rings. The molecule has 40 heavy (non-hydrogen) atoms. The van der Waals surface area contributed by atoms with Crippen LogP contribution < -0.4 is 10.1 Å². The highest BCUT2D eigenvalue weighted by Gasteiger charge is 2.35. The average molecular weight is 559 g/mol. The number of aromatic nitrogens is 3. The van der Waals surface area contributed by atoms with Crippen molar-refractivity contribution in [3.63, 3.8) is 0 Å². The van der Waals surface area contributed by atoms with Crippen molar-refractivity contribution in [2.24, 2.45) is 0 Å². The number of esters is 1. The van der Waals surface area contributed by atoms with Gasteiger partial charge in [-0.25, -0.2) is 13.9 Å². The largest absolute Gasteiger partial charge is 0.493 e. The highest BCUT2D eigenvalue weighted by molar-refractivity contribution is 7.98. The summed E-state index contributed by atoms with van der Waals surface area (Å²) in [5.74, 6) is 0.931. The first-order valence-corrected chi connectivity index (χ1v) is 14.2. The summed E-state index contributed by atoms with van der Waals surface area (Å²) in [6, 6.07) is 23.9. The molecule has 0 aliphatic carbocycles. The second kappa shape index (κ2) is 12.4. The van der Waals surface area contributed by atoms with Gasteiger partial charge in [0.15, 0.2) is 0 Å². The van der Waals surface area contributed by atoms with Gasteiger partial charge in [-0.05, 0) is 55.7 Å². The Morgan fingerprint density at radius 1 is 1.05 bits per heavy atom. The first kappa shape index (κ1) is 27.5. The Kier molecular flexibility index (Phi) is 8.50. The van der Waals surface area contributed by atoms with Crippen molar-refractivity contribution in [1.82, 2.24) is 14.8 Å². The number of ether oxygens (including phenoxy) is 2. The summed E-state index contributed by atoms with van der Waals surface area (Å²) in [6.45, 7) is 6.02. The number of anilines is 1. The van der Waals surface area contributed by atoms with E-state index in [1.54, 1.807) is 22.9 Å². The van der Waals surface area contributed by atoms with E-state index in [0.29, 0.717) is 40.3 Å². The van der Waals surface area contributed by atoms with Gasteiger partial charge in [0.1, 0.15) is 17.6 Å². The number of allylic oxidation sites excluding steroid dienone is 1. The van der Waals surface area contributed by atoms with Crippen molar-refractivity contribution < 1.29 is 18.7 Å². The van der Waals surface area contributed by atoms with E-state index in [2.05, 4.69) is 22.4 Å². The van der Waals surface area contributed by atoms with Crippen LogP contribution in [0, 0.1) is 5.82 Å².